The maximum absolute atomic E-state index is 5.59. The molecule has 1 aromatic heterocycles. The standard InChI is InChI=1S/C8H4ClN2.Y/c9-8-5-10-6-3-1-2-4-7(6)11-8;/h1-4H;/q-1;. The van der Waals surface area contributed by atoms with Crippen LogP contribution >= 0.6 is 11.6 Å². The molecule has 0 aliphatic carbocycles. The van der Waals surface area contributed by atoms with Crippen LogP contribution in [0.5, 0.6) is 0 Å². The Balaban J connectivity index is 0.000000720. The fourth-order valence-electron chi connectivity index (χ4n) is 0.890. The van der Waals surface area contributed by atoms with Crippen LogP contribution in [0.4, 0.5) is 0 Å². The number of hydrogen-bond acceptors (Lipinski definition) is 2. The first kappa shape index (κ1) is 10.0. The first-order valence-electron chi connectivity index (χ1n) is 3.16. The summed E-state index contributed by atoms with van der Waals surface area (Å²) in [4.78, 5) is 7.98. The van der Waals surface area contributed by atoms with Crippen molar-refractivity contribution in [1.82, 2.24) is 9.97 Å². The molecular formula is C8H4ClN2Y-. The average molecular weight is 252 g/mol. The van der Waals surface area contributed by atoms with Gasteiger partial charge >= 0.3 is 0 Å². The molecule has 0 saturated heterocycles. The number of rotatable bonds is 0. The molecule has 0 unspecified atom stereocenters. The summed E-state index contributed by atoms with van der Waals surface area (Å²) in [6.45, 7) is 0. The second kappa shape index (κ2) is 4.26. The Kier molecular flexibility index (Phi) is 3.57. The van der Waals surface area contributed by atoms with Gasteiger partial charge in [-0.1, -0.05) is 35.3 Å². The van der Waals surface area contributed by atoms with Crippen LogP contribution in [0.25, 0.3) is 11.0 Å². The molecule has 1 heterocycles. The van der Waals surface area contributed by atoms with E-state index in [1.54, 1.807) is 0 Å². The summed E-state index contributed by atoms with van der Waals surface area (Å²) >= 11 is 5.59. The van der Waals surface area contributed by atoms with Crippen LogP contribution in [-0.4, -0.2) is 9.97 Å². The zero-order valence-corrected chi connectivity index (χ0v) is 9.75. The van der Waals surface area contributed by atoms with Gasteiger partial charge in [0, 0.05) is 38.2 Å². The van der Waals surface area contributed by atoms with E-state index in [4.69, 9.17) is 11.6 Å². The summed E-state index contributed by atoms with van der Waals surface area (Å²) in [5, 5.41) is 0.309. The van der Waals surface area contributed by atoms with Gasteiger partial charge in [-0.2, -0.15) is 0 Å². The van der Waals surface area contributed by atoms with Crippen molar-refractivity contribution < 1.29 is 32.7 Å². The zero-order valence-electron chi connectivity index (χ0n) is 6.16. The van der Waals surface area contributed by atoms with Crippen molar-refractivity contribution in [3.05, 3.63) is 35.6 Å². The number of halogens is 1. The third-order valence-corrected chi connectivity index (χ3v) is 1.54. The molecule has 0 bridgehead atoms. The Labute approximate surface area is 100 Å². The van der Waals surface area contributed by atoms with E-state index in [1.165, 1.54) is 0 Å². The van der Waals surface area contributed by atoms with E-state index in [0.29, 0.717) is 5.15 Å². The predicted molar refractivity (Wildman–Crippen MR) is 43.4 cm³/mol. The summed E-state index contributed by atoms with van der Waals surface area (Å²) in [7, 11) is 0. The van der Waals surface area contributed by atoms with Gasteiger partial charge in [-0.05, 0) is 0 Å². The van der Waals surface area contributed by atoms with E-state index in [-0.39, 0.29) is 32.7 Å². The monoisotopic (exact) mass is 252 g/mol. The fourth-order valence-corrected chi connectivity index (χ4v) is 1.02. The summed E-state index contributed by atoms with van der Waals surface area (Å²) < 4.78 is 0. The van der Waals surface area contributed by atoms with E-state index in [9.17, 15) is 0 Å². The van der Waals surface area contributed by atoms with Crippen molar-refractivity contribution in [2.45, 2.75) is 0 Å². The first-order valence-corrected chi connectivity index (χ1v) is 3.54. The van der Waals surface area contributed by atoms with Crippen molar-refractivity contribution in [2.75, 3.05) is 0 Å². The summed E-state index contributed by atoms with van der Waals surface area (Å²) in [5.41, 5.74) is 1.62. The molecule has 2 nitrogen and oxygen atoms in total. The van der Waals surface area contributed by atoms with Crippen LogP contribution in [-0.2, 0) is 32.7 Å². The van der Waals surface area contributed by atoms with E-state index in [1.807, 2.05) is 24.3 Å². The van der Waals surface area contributed by atoms with E-state index in [2.05, 4.69) is 16.2 Å². The summed E-state index contributed by atoms with van der Waals surface area (Å²) in [6.07, 6.45) is 2.58. The Morgan fingerprint density at radius 3 is 2.58 bits per heavy atom. The van der Waals surface area contributed by atoms with Crippen LogP contribution in [0.3, 0.4) is 0 Å². The normalized spacial score (nSPS) is 9.42. The number of para-hydroxylation sites is 2. The molecule has 12 heavy (non-hydrogen) atoms. The van der Waals surface area contributed by atoms with Crippen molar-refractivity contribution in [3.8, 4) is 0 Å². The molecule has 0 aliphatic heterocycles. The van der Waals surface area contributed by atoms with Crippen LogP contribution in [0.1, 0.15) is 0 Å². The van der Waals surface area contributed by atoms with Gasteiger partial charge in [0.1, 0.15) is 0 Å². The number of nitrogens with zero attached hydrogens (tertiary/aromatic N) is 2. The Bertz CT molecular complexity index is 391. The molecule has 2 rings (SSSR count). The molecule has 0 amide bonds. The molecule has 0 aliphatic rings. The van der Waals surface area contributed by atoms with Crippen LogP contribution < -0.4 is 0 Å². The second-order valence-electron chi connectivity index (χ2n) is 2.11. The molecule has 1 aromatic carbocycles. The van der Waals surface area contributed by atoms with Gasteiger partial charge in [-0.3, -0.25) is 4.98 Å². The topological polar surface area (TPSA) is 25.8 Å². The SMILES string of the molecule is Clc1[c-]nc2ccccc2n1.[Y]. The molecule has 4 heteroatoms. The van der Waals surface area contributed by atoms with Gasteiger partial charge in [0.15, 0.2) is 0 Å². The van der Waals surface area contributed by atoms with E-state index in [0.717, 1.165) is 11.0 Å². The second-order valence-corrected chi connectivity index (χ2v) is 2.47. The average Bonchev–Trinajstić information content (AvgIpc) is 2.04. The van der Waals surface area contributed by atoms with Crippen LogP contribution in [0.2, 0.25) is 5.15 Å². The minimum atomic E-state index is 0. The van der Waals surface area contributed by atoms with Gasteiger partial charge in [0.05, 0.1) is 5.15 Å². The third-order valence-electron chi connectivity index (χ3n) is 1.37. The van der Waals surface area contributed by atoms with Crippen molar-refractivity contribution in [2.24, 2.45) is 0 Å². The van der Waals surface area contributed by atoms with E-state index >= 15 is 0 Å². The number of hydrogen-bond donors (Lipinski definition) is 0. The first-order chi connectivity index (χ1) is 5.36. The van der Waals surface area contributed by atoms with Crippen LogP contribution in [0.15, 0.2) is 24.3 Å². The Hall–Kier alpha value is -0.0461. The summed E-state index contributed by atoms with van der Waals surface area (Å²) in [6, 6.07) is 7.53. The molecule has 0 atom stereocenters. The molecule has 0 saturated carbocycles. The third kappa shape index (κ3) is 2.00. The molecule has 0 N–H and O–H groups in total. The molecular weight excluding hydrogens is 248 g/mol. The van der Waals surface area contributed by atoms with E-state index < -0.39 is 0 Å². The fraction of sp³-hybridized carbons (Fsp3) is 0. The van der Waals surface area contributed by atoms with Gasteiger partial charge < -0.3 is 4.98 Å². The Morgan fingerprint density at radius 2 is 1.83 bits per heavy atom. The van der Waals surface area contributed by atoms with Crippen molar-refractivity contribution >= 4 is 22.6 Å². The molecule has 0 fully saturated rings. The van der Waals surface area contributed by atoms with Crippen molar-refractivity contribution in [3.63, 3.8) is 0 Å². The van der Waals surface area contributed by atoms with Gasteiger partial charge in [-0.25, -0.2) is 0 Å². The minimum Gasteiger partial charge on any atom is -0.447 e. The number of fused-ring (bicyclic) bond motifs is 1. The largest absolute Gasteiger partial charge is 0.447 e. The maximum atomic E-state index is 5.59. The Morgan fingerprint density at radius 1 is 1.17 bits per heavy atom. The van der Waals surface area contributed by atoms with Gasteiger partial charge in [0.25, 0.3) is 0 Å². The van der Waals surface area contributed by atoms with Gasteiger partial charge in [-0.15, -0.1) is 12.3 Å². The minimum absolute atomic E-state index is 0. The number of aromatic nitrogens is 2. The predicted octanol–water partition coefficient (Wildman–Crippen LogP) is 2.08. The summed E-state index contributed by atoms with van der Waals surface area (Å²) in [5.74, 6) is 0. The molecule has 57 valence electrons. The quantitative estimate of drug-likeness (QED) is 0.671. The van der Waals surface area contributed by atoms with Crippen molar-refractivity contribution in [1.29, 1.82) is 0 Å². The van der Waals surface area contributed by atoms with Gasteiger partial charge in [0.2, 0.25) is 0 Å². The smallest absolute Gasteiger partial charge is 0.0564 e. The van der Waals surface area contributed by atoms with Crippen LogP contribution in [0, 0.1) is 6.20 Å². The molecule has 0 spiro atoms. The molecule has 2 aromatic rings. The molecule has 1 radical (unpaired) electrons. The maximum Gasteiger partial charge on any atom is 0.0564 e. The number of benzene rings is 1. The zero-order chi connectivity index (χ0) is 7.68.